The van der Waals surface area contributed by atoms with Crippen molar-refractivity contribution in [2.75, 3.05) is 31.1 Å². The summed E-state index contributed by atoms with van der Waals surface area (Å²) in [6.07, 6.45) is 1.45. The average molecular weight is 455 g/mol. The number of nitrogens with zero attached hydrogens (tertiary/aromatic N) is 2. The molecule has 0 saturated carbocycles. The summed E-state index contributed by atoms with van der Waals surface area (Å²) in [5.74, 6) is -1.04. The van der Waals surface area contributed by atoms with E-state index in [-0.39, 0.29) is 10.5 Å². The molecule has 0 spiro atoms. The lowest BCUT2D eigenvalue weighted by Crippen LogP contribution is -2.48. The molecule has 2 aromatic rings. The Kier molecular flexibility index (Phi) is 6.53. The Bertz CT molecular complexity index is 1060. The molecule has 6 nitrogen and oxygen atoms in total. The summed E-state index contributed by atoms with van der Waals surface area (Å²) in [5.41, 5.74) is 1.56. The highest BCUT2D eigenvalue weighted by Gasteiger charge is 2.28. The zero-order chi connectivity index (χ0) is 21.2. The van der Waals surface area contributed by atoms with E-state index in [1.165, 1.54) is 29.4 Å². The van der Waals surface area contributed by atoms with Gasteiger partial charge in [-0.2, -0.15) is 4.31 Å². The first-order valence-electron chi connectivity index (χ1n) is 8.90. The largest absolute Gasteiger partial charge is 0.478 e. The lowest BCUT2D eigenvalue weighted by Gasteiger charge is -2.35. The molecule has 1 saturated heterocycles. The van der Waals surface area contributed by atoms with Gasteiger partial charge in [0.05, 0.1) is 14.9 Å². The van der Waals surface area contributed by atoms with E-state index in [2.05, 4.69) is 4.90 Å². The minimum Gasteiger partial charge on any atom is -0.478 e. The Hall–Kier alpha value is -2.06. The van der Waals surface area contributed by atoms with Gasteiger partial charge in [0.2, 0.25) is 10.0 Å². The molecule has 154 valence electrons. The predicted molar refractivity (Wildman–Crippen MR) is 115 cm³/mol. The highest BCUT2D eigenvalue weighted by atomic mass is 35.5. The van der Waals surface area contributed by atoms with Crippen molar-refractivity contribution in [1.82, 2.24) is 4.31 Å². The maximum absolute atomic E-state index is 13.0. The zero-order valence-corrected chi connectivity index (χ0v) is 18.0. The SMILES string of the molecule is CC(=Cc1cccc(S(=O)(=O)N2CCN(c3ccc(Cl)c(Cl)c3)CC2)c1)C(=O)O. The second kappa shape index (κ2) is 8.75. The molecule has 29 heavy (non-hydrogen) atoms. The fourth-order valence-electron chi connectivity index (χ4n) is 3.09. The number of aliphatic carboxylic acids is 1. The van der Waals surface area contributed by atoms with Crippen LogP contribution in [0.15, 0.2) is 52.9 Å². The number of hydrogen-bond acceptors (Lipinski definition) is 4. The van der Waals surface area contributed by atoms with Gasteiger partial charge >= 0.3 is 5.97 Å². The van der Waals surface area contributed by atoms with Crippen molar-refractivity contribution in [2.24, 2.45) is 0 Å². The van der Waals surface area contributed by atoms with Gasteiger partial charge in [-0.25, -0.2) is 13.2 Å². The second-order valence-electron chi connectivity index (χ2n) is 6.69. The number of piperazine rings is 1. The molecule has 0 amide bonds. The van der Waals surface area contributed by atoms with Crippen molar-refractivity contribution in [3.05, 3.63) is 63.6 Å². The molecule has 1 N–H and O–H groups in total. The van der Waals surface area contributed by atoms with E-state index in [9.17, 15) is 13.2 Å². The van der Waals surface area contributed by atoms with Gasteiger partial charge < -0.3 is 10.0 Å². The molecule has 0 unspecified atom stereocenters. The molecule has 0 bridgehead atoms. The van der Waals surface area contributed by atoms with E-state index < -0.39 is 16.0 Å². The summed E-state index contributed by atoms with van der Waals surface area (Å²) < 4.78 is 27.5. The Balaban J connectivity index is 1.75. The van der Waals surface area contributed by atoms with Crippen LogP contribution in [0, 0.1) is 0 Å². The van der Waals surface area contributed by atoms with Gasteiger partial charge in [0.1, 0.15) is 0 Å². The van der Waals surface area contributed by atoms with Crippen LogP contribution in [-0.2, 0) is 14.8 Å². The monoisotopic (exact) mass is 454 g/mol. The molecule has 0 radical (unpaired) electrons. The molecule has 0 aromatic heterocycles. The first-order valence-corrected chi connectivity index (χ1v) is 11.1. The number of carboxylic acids is 1. The highest BCUT2D eigenvalue weighted by molar-refractivity contribution is 7.89. The first kappa shape index (κ1) is 21.6. The molecular formula is C20H20Cl2N2O4S. The number of hydrogen-bond donors (Lipinski definition) is 1. The third-order valence-electron chi connectivity index (χ3n) is 4.72. The quantitative estimate of drug-likeness (QED) is 0.690. The third-order valence-corrected chi connectivity index (χ3v) is 7.36. The van der Waals surface area contributed by atoms with Crippen LogP contribution in [0.1, 0.15) is 12.5 Å². The van der Waals surface area contributed by atoms with Gasteiger partial charge in [0, 0.05) is 37.4 Å². The summed E-state index contributed by atoms with van der Waals surface area (Å²) in [6.45, 7) is 3.17. The van der Waals surface area contributed by atoms with Crippen LogP contribution < -0.4 is 4.90 Å². The summed E-state index contributed by atoms with van der Waals surface area (Å²) >= 11 is 12.0. The van der Waals surface area contributed by atoms with E-state index in [0.717, 1.165) is 5.69 Å². The van der Waals surface area contributed by atoms with Crippen molar-refractivity contribution in [3.63, 3.8) is 0 Å². The van der Waals surface area contributed by atoms with Crippen molar-refractivity contribution in [3.8, 4) is 0 Å². The predicted octanol–water partition coefficient (Wildman–Crippen LogP) is 3.99. The molecule has 3 rings (SSSR count). The lowest BCUT2D eigenvalue weighted by atomic mass is 10.1. The Labute approximate surface area is 180 Å². The topological polar surface area (TPSA) is 77.9 Å². The highest BCUT2D eigenvalue weighted by Crippen LogP contribution is 2.28. The van der Waals surface area contributed by atoms with Crippen LogP contribution in [0.2, 0.25) is 10.0 Å². The third kappa shape index (κ3) is 4.93. The maximum Gasteiger partial charge on any atom is 0.331 e. The van der Waals surface area contributed by atoms with Gasteiger partial charge in [-0.3, -0.25) is 0 Å². The van der Waals surface area contributed by atoms with Crippen LogP contribution >= 0.6 is 23.2 Å². The van der Waals surface area contributed by atoms with E-state index in [4.69, 9.17) is 28.3 Å². The van der Waals surface area contributed by atoms with Gasteiger partial charge in [0.25, 0.3) is 0 Å². The van der Waals surface area contributed by atoms with Crippen molar-refractivity contribution < 1.29 is 18.3 Å². The molecular weight excluding hydrogens is 435 g/mol. The van der Waals surface area contributed by atoms with E-state index in [1.807, 2.05) is 6.07 Å². The van der Waals surface area contributed by atoms with Crippen LogP contribution in [0.5, 0.6) is 0 Å². The zero-order valence-electron chi connectivity index (χ0n) is 15.7. The summed E-state index contributed by atoms with van der Waals surface area (Å²) in [4.78, 5) is 13.2. The molecule has 1 aliphatic heterocycles. The molecule has 0 aliphatic carbocycles. The minimum absolute atomic E-state index is 0.134. The molecule has 0 atom stereocenters. The fraction of sp³-hybridized carbons (Fsp3) is 0.250. The first-order chi connectivity index (χ1) is 13.7. The Morgan fingerprint density at radius 3 is 2.34 bits per heavy atom. The minimum atomic E-state index is -3.68. The number of anilines is 1. The van der Waals surface area contributed by atoms with E-state index >= 15 is 0 Å². The van der Waals surface area contributed by atoms with Crippen molar-refractivity contribution in [1.29, 1.82) is 0 Å². The number of carbonyl (C=O) groups is 1. The smallest absolute Gasteiger partial charge is 0.331 e. The molecule has 1 fully saturated rings. The molecule has 1 heterocycles. The van der Waals surface area contributed by atoms with Crippen molar-refractivity contribution >= 4 is 51.0 Å². The van der Waals surface area contributed by atoms with Gasteiger partial charge in [-0.05, 0) is 48.9 Å². The fourth-order valence-corrected chi connectivity index (χ4v) is 4.86. The number of halogens is 2. The Morgan fingerprint density at radius 1 is 1.03 bits per heavy atom. The summed E-state index contributed by atoms with van der Waals surface area (Å²) in [6, 6.07) is 11.7. The molecule has 9 heteroatoms. The number of carboxylic acid groups (broad SMARTS) is 1. The van der Waals surface area contributed by atoms with E-state index in [0.29, 0.717) is 41.8 Å². The van der Waals surface area contributed by atoms with Gasteiger partial charge in [-0.1, -0.05) is 35.3 Å². The number of sulfonamides is 1. The van der Waals surface area contributed by atoms with Gasteiger partial charge in [-0.15, -0.1) is 0 Å². The number of benzene rings is 2. The normalized spacial score (nSPS) is 16.1. The molecule has 2 aromatic carbocycles. The summed E-state index contributed by atoms with van der Waals surface area (Å²) in [7, 11) is -3.68. The van der Waals surface area contributed by atoms with Gasteiger partial charge in [0.15, 0.2) is 0 Å². The maximum atomic E-state index is 13.0. The average Bonchev–Trinajstić information content (AvgIpc) is 2.70. The lowest BCUT2D eigenvalue weighted by molar-refractivity contribution is -0.132. The number of rotatable bonds is 5. The van der Waals surface area contributed by atoms with Crippen LogP contribution in [-0.4, -0.2) is 50.0 Å². The summed E-state index contributed by atoms with van der Waals surface area (Å²) in [5, 5.41) is 9.95. The van der Waals surface area contributed by atoms with E-state index in [1.54, 1.807) is 24.3 Å². The standard InChI is InChI=1S/C20H20Cl2N2O4S/c1-14(20(25)26)11-15-3-2-4-17(12-15)29(27,28)24-9-7-23(8-10-24)16-5-6-18(21)19(22)13-16/h2-6,11-13H,7-10H2,1H3,(H,25,26). The van der Waals surface area contributed by atoms with Crippen LogP contribution in [0.3, 0.4) is 0 Å². The van der Waals surface area contributed by atoms with Crippen LogP contribution in [0.4, 0.5) is 5.69 Å². The Morgan fingerprint density at radius 2 is 1.72 bits per heavy atom. The molecule has 1 aliphatic rings. The van der Waals surface area contributed by atoms with Crippen LogP contribution in [0.25, 0.3) is 6.08 Å². The second-order valence-corrected chi connectivity index (χ2v) is 9.45. The van der Waals surface area contributed by atoms with Crippen molar-refractivity contribution in [2.45, 2.75) is 11.8 Å².